The molecule has 1 saturated heterocycles. The fraction of sp³-hybridized carbons (Fsp3) is 0.429. The van der Waals surface area contributed by atoms with Crippen LogP contribution in [0.25, 0.3) is 5.76 Å². The number of unbranched alkanes of at least 4 members (excludes halogenated alkanes) is 2. The summed E-state index contributed by atoms with van der Waals surface area (Å²) in [6.45, 7) is 9.05. The van der Waals surface area contributed by atoms with Crippen LogP contribution in [-0.2, 0) is 9.59 Å². The third kappa shape index (κ3) is 5.79. The van der Waals surface area contributed by atoms with Crippen LogP contribution >= 0.6 is 0 Å². The SMILES string of the molecule is CCCCCOc1ccc(/C(O)=C2/C(=O)C(=O)N(CCC)C2c2ccc(OC(C)C)cc2)cc1. The van der Waals surface area contributed by atoms with E-state index >= 15 is 0 Å². The Morgan fingerprint density at radius 3 is 2.18 bits per heavy atom. The molecule has 6 nitrogen and oxygen atoms in total. The molecule has 0 radical (unpaired) electrons. The smallest absolute Gasteiger partial charge is 0.295 e. The quantitative estimate of drug-likeness (QED) is 0.194. The molecule has 1 fully saturated rings. The van der Waals surface area contributed by atoms with E-state index in [1.807, 2.05) is 45.0 Å². The number of nitrogens with zero attached hydrogens (tertiary/aromatic N) is 1. The average Bonchev–Trinajstić information content (AvgIpc) is 3.07. The van der Waals surface area contributed by atoms with E-state index in [1.54, 1.807) is 24.3 Å². The van der Waals surface area contributed by atoms with Gasteiger partial charge in [0.25, 0.3) is 11.7 Å². The van der Waals surface area contributed by atoms with Gasteiger partial charge in [0.2, 0.25) is 0 Å². The predicted molar refractivity (Wildman–Crippen MR) is 133 cm³/mol. The topological polar surface area (TPSA) is 76.1 Å². The zero-order valence-corrected chi connectivity index (χ0v) is 20.5. The summed E-state index contributed by atoms with van der Waals surface area (Å²) in [6, 6.07) is 13.7. The molecule has 6 heteroatoms. The molecule has 0 aromatic heterocycles. The van der Waals surface area contributed by atoms with Crippen LogP contribution in [0, 0.1) is 0 Å². The zero-order chi connectivity index (χ0) is 24.7. The zero-order valence-electron chi connectivity index (χ0n) is 20.5. The van der Waals surface area contributed by atoms with E-state index < -0.39 is 17.7 Å². The molecule has 1 heterocycles. The Bertz CT molecular complexity index is 1010. The van der Waals surface area contributed by atoms with E-state index in [0.29, 0.717) is 36.6 Å². The van der Waals surface area contributed by atoms with Crippen LogP contribution in [0.4, 0.5) is 0 Å². The summed E-state index contributed by atoms with van der Waals surface area (Å²) >= 11 is 0. The van der Waals surface area contributed by atoms with Crippen LogP contribution in [0.15, 0.2) is 54.1 Å². The van der Waals surface area contributed by atoms with Crippen LogP contribution in [0.1, 0.15) is 70.5 Å². The Morgan fingerprint density at radius 1 is 0.941 bits per heavy atom. The Kier molecular flexibility index (Phi) is 8.74. The van der Waals surface area contributed by atoms with Crippen LogP contribution in [0.2, 0.25) is 0 Å². The van der Waals surface area contributed by atoms with E-state index in [2.05, 4.69) is 6.92 Å². The maximum absolute atomic E-state index is 13.0. The number of ether oxygens (including phenoxy) is 2. The second-order valence-corrected chi connectivity index (χ2v) is 8.81. The molecule has 2 aromatic rings. The molecule has 34 heavy (non-hydrogen) atoms. The number of amides is 1. The van der Waals surface area contributed by atoms with Gasteiger partial charge in [-0.1, -0.05) is 38.8 Å². The Balaban J connectivity index is 1.94. The molecule has 3 rings (SSSR count). The summed E-state index contributed by atoms with van der Waals surface area (Å²) < 4.78 is 11.5. The maximum Gasteiger partial charge on any atom is 0.295 e. The van der Waals surface area contributed by atoms with Crippen molar-refractivity contribution >= 4 is 17.4 Å². The van der Waals surface area contributed by atoms with E-state index in [0.717, 1.165) is 24.8 Å². The summed E-state index contributed by atoms with van der Waals surface area (Å²) in [7, 11) is 0. The second kappa shape index (κ2) is 11.7. The van der Waals surface area contributed by atoms with Gasteiger partial charge in [0.1, 0.15) is 17.3 Å². The van der Waals surface area contributed by atoms with Gasteiger partial charge < -0.3 is 19.5 Å². The Labute approximate surface area is 202 Å². The fourth-order valence-electron chi connectivity index (χ4n) is 4.11. The molecule has 1 aliphatic rings. The van der Waals surface area contributed by atoms with Gasteiger partial charge in [0, 0.05) is 12.1 Å². The summed E-state index contributed by atoms with van der Waals surface area (Å²) in [5.74, 6) is -0.0239. The number of carbonyl (C=O) groups is 2. The largest absolute Gasteiger partial charge is 0.507 e. The van der Waals surface area contributed by atoms with Crippen molar-refractivity contribution in [2.75, 3.05) is 13.2 Å². The first-order chi connectivity index (χ1) is 16.4. The van der Waals surface area contributed by atoms with Crippen molar-refractivity contribution in [1.29, 1.82) is 0 Å². The summed E-state index contributed by atoms with van der Waals surface area (Å²) in [6.07, 6.45) is 3.96. The number of aliphatic hydroxyl groups excluding tert-OH is 1. The molecular formula is C28H35NO5. The number of benzene rings is 2. The molecular weight excluding hydrogens is 430 g/mol. The van der Waals surface area contributed by atoms with Gasteiger partial charge in [-0.2, -0.15) is 0 Å². The number of Topliss-reactive ketones (excluding diaryl/α,β-unsaturated/α-hetero) is 1. The number of aliphatic hydroxyl groups is 1. The fourth-order valence-corrected chi connectivity index (χ4v) is 4.11. The summed E-state index contributed by atoms with van der Waals surface area (Å²) in [5.41, 5.74) is 1.33. The molecule has 182 valence electrons. The van der Waals surface area contributed by atoms with Crippen LogP contribution in [0.3, 0.4) is 0 Å². The minimum absolute atomic E-state index is 0.0372. The van der Waals surface area contributed by atoms with Gasteiger partial charge in [-0.25, -0.2) is 0 Å². The van der Waals surface area contributed by atoms with Crippen LogP contribution in [0.5, 0.6) is 11.5 Å². The first-order valence-electron chi connectivity index (χ1n) is 12.2. The molecule has 1 N–H and O–H groups in total. The van der Waals surface area contributed by atoms with Gasteiger partial charge in [0.15, 0.2) is 0 Å². The second-order valence-electron chi connectivity index (χ2n) is 8.81. The number of hydrogen-bond donors (Lipinski definition) is 1. The highest BCUT2D eigenvalue weighted by atomic mass is 16.5. The van der Waals surface area contributed by atoms with Gasteiger partial charge in [-0.05, 0) is 68.7 Å². The van der Waals surface area contributed by atoms with Crippen molar-refractivity contribution in [2.24, 2.45) is 0 Å². The van der Waals surface area contributed by atoms with Gasteiger partial charge in [-0.15, -0.1) is 0 Å². The van der Waals surface area contributed by atoms with E-state index in [-0.39, 0.29) is 17.4 Å². The molecule has 0 saturated carbocycles. The number of likely N-dealkylation sites (tertiary alicyclic amines) is 1. The van der Waals surface area contributed by atoms with Crippen molar-refractivity contribution in [2.45, 2.75) is 65.5 Å². The van der Waals surface area contributed by atoms with Gasteiger partial charge >= 0.3 is 0 Å². The molecule has 0 bridgehead atoms. The lowest BCUT2D eigenvalue weighted by molar-refractivity contribution is -0.139. The molecule has 2 aromatic carbocycles. The molecule has 1 amide bonds. The van der Waals surface area contributed by atoms with Crippen molar-refractivity contribution in [3.8, 4) is 11.5 Å². The first kappa shape index (κ1) is 25.3. The number of ketones is 1. The highest BCUT2D eigenvalue weighted by Crippen LogP contribution is 2.40. The molecule has 0 spiro atoms. The lowest BCUT2D eigenvalue weighted by Crippen LogP contribution is -2.30. The van der Waals surface area contributed by atoms with Crippen molar-refractivity contribution in [3.63, 3.8) is 0 Å². The molecule has 1 aliphatic heterocycles. The first-order valence-corrected chi connectivity index (χ1v) is 12.2. The molecule has 1 unspecified atom stereocenters. The van der Waals surface area contributed by atoms with E-state index in [9.17, 15) is 14.7 Å². The Morgan fingerprint density at radius 2 is 1.59 bits per heavy atom. The third-order valence-electron chi connectivity index (χ3n) is 5.72. The van der Waals surface area contributed by atoms with Crippen molar-refractivity contribution in [3.05, 3.63) is 65.2 Å². The maximum atomic E-state index is 13.0. The number of rotatable bonds is 11. The minimum atomic E-state index is -0.668. The highest BCUT2D eigenvalue weighted by molar-refractivity contribution is 6.46. The molecule has 1 atom stereocenters. The standard InChI is InChI=1S/C28H35NO5/c1-5-7-8-18-33-22-13-11-21(12-14-22)26(30)24-25(29(17-6-2)28(32)27(24)31)20-9-15-23(16-10-20)34-19(3)4/h9-16,19,25,30H,5-8,17-18H2,1-4H3/b26-24-. The van der Waals surface area contributed by atoms with Crippen LogP contribution in [-0.4, -0.2) is 41.0 Å². The predicted octanol–water partition coefficient (Wildman–Crippen LogP) is 5.87. The lowest BCUT2D eigenvalue weighted by atomic mass is 9.95. The van der Waals surface area contributed by atoms with Crippen molar-refractivity contribution < 1.29 is 24.2 Å². The molecule has 0 aliphatic carbocycles. The Hall–Kier alpha value is -3.28. The average molecular weight is 466 g/mol. The summed E-state index contributed by atoms with van der Waals surface area (Å²) in [5, 5.41) is 11.2. The lowest BCUT2D eigenvalue weighted by Gasteiger charge is -2.25. The highest BCUT2D eigenvalue weighted by Gasteiger charge is 2.45. The number of hydrogen-bond acceptors (Lipinski definition) is 5. The van der Waals surface area contributed by atoms with Gasteiger partial charge in [0.05, 0.1) is 24.3 Å². The third-order valence-corrected chi connectivity index (χ3v) is 5.72. The monoisotopic (exact) mass is 465 g/mol. The van der Waals surface area contributed by atoms with Gasteiger partial charge in [-0.3, -0.25) is 9.59 Å². The van der Waals surface area contributed by atoms with Crippen molar-refractivity contribution in [1.82, 2.24) is 4.90 Å². The van der Waals surface area contributed by atoms with E-state index in [4.69, 9.17) is 9.47 Å². The number of carbonyl (C=O) groups excluding carboxylic acids is 2. The minimum Gasteiger partial charge on any atom is -0.507 e. The normalized spacial score (nSPS) is 17.4. The van der Waals surface area contributed by atoms with Crippen LogP contribution < -0.4 is 9.47 Å². The van der Waals surface area contributed by atoms with E-state index in [1.165, 1.54) is 4.90 Å². The summed E-state index contributed by atoms with van der Waals surface area (Å²) in [4.78, 5) is 27.4.